The summed E-state index contributed by atoms with van der Waals surface area (Å²) >= 11 is 0. The number of nitrogens with zero attached hydrogens (tertiary/aromatic N) is 3. The maximum absolute atomic E-state index is 14.3. The largest absolute Gasteiger partial charge is 0.497 e. The van der Waals surface area contributed by atoms with Crippen LogP contribution in [0.4, 0.5) is 4.39 Å². The van der Waals surface area contributed by atoms with Gasteiger partial charge in [0.05, 0.1) is 12.8 Å². The number of carbonyl (C=O) groups excluding carboxylic acids is 1. The molecule has 2 heterocycles. The molecular weight excluding hydrogens is 365 g/mol. The second kappa shape index (κ2) is 6.62. The fourth-order valence-electron chi connectivity index (χ4n) is 2.91. The third kappa shape index (κ3) is 2.78. The number of rotatable bonds is 4. The molecule has 3 N–H and O–H groups in total. The summed E-state index contributed by atoms with van der Waals surface area (Å²) in [5.74, 6) is -0.766. The lowest BCUT2D eigenvalue weighted by atomic mass is 10.2. The Morgan fingerprint density at radius 1 is 1.18 bits per heavy atom. The lowest BCUT2D eigenvalue weighted by Gasteiger charge is -2.08. The SMILES string of the molecule is COc1cccc(-c2nc(C(N)=O)c3[nH]c(=O)n(-c4ccccc4F)c3n2)c1. The van der Waals surface area contributed by atoms with E-state index in [1.54, 1.807) is 30.3 Å². The number of aromatic amines is 1. The van der Waals surface area contributed by atoms with Gasteiger partial charge < -0.3 is 15.5 Å². The summed E-state index contributed by atoms with van der Waals surface area (Å²) < 4.78 is 20.6. The van der Waals surface area contributed by atoms with Gasteiger partial charge in [0.1, 0.15) is 17.1 Å². The van der Waals surface area contributed by atoms with Crippen LogP contribution in [0, 0.1) is 5.82 Å². The summed E-state index contributed by atoms with van der Waals surface area (Å²) in [5, 5.41) is 0. The van der Waals surface area contributed by atoms with Gasteiger partial charge in [-0.3, -0.25) is 4.79 Å². The summed E-state index contributed by atoms with van der Waals surface area (Å²) in [6, 6.07) is 12.6. The highest BCUT2D eigenvalue weighted by Gasteiger charge is 2.21. The number of fused-ring (bicyclic) bond motifs is 1. The van der Waals surface area contributed by atoms with Crippen LogP contribution in [-0.4, -0.2) is 32.5 Å². The van der Waals surface area contributed by atoms with Crippen molar-refractivity contribution >= 4 is 17.1 Å². The number of hydrogen-bond acceptors (Lipinski definition) is 5. The van der Waals surface area contributed by atoms with E-state index in [2.05, 4.69) is 15.0 Å². The molecule has 0 radical (unpaired) electrons. The number of nitrogens with two attached hydrogens (primary N) is 1. The Hall–Kier alpha value is -4.01. The number of ether oxygens (including phenoxy) is 1. The molecule has 4 aromatic rings. The van der Waals surface area contributed by atoms with Crippen LogP contribution >= 0.6 is 0 Å². The Balaban J connectivity index is 2.07. The molecule has 1 amide bonds. The standard InChI is InChI=1S/C19H14FN5O3/c1-28-11-6-4-5-10(9-11)17-22-14(16(21)26)15-18(24-17)25(19(27)23-15)13-8-3-2-7-12(13)20/h2-9H,1H3,(H2,21,26)(H,23,27). The molecule has 0 unspecified atom stereocenters. The van der Waals surface area contributed by atoms with Gasteiger partial charge in [-0.2, -0.15) is 0 Å². The summed E-state index contributed by atoms with van der Waals surface area (Å²) in [5.41, 5.74) is 5.22. The van der Waals surface area contributed by atoms with Gasteiger partial charge in [-0.25, -0.2) is 23.7 Å². The molecule has 0 saturated heterocycles. The van der Waals surface area contributed by atoms with E-state index in [1.807, 2.05) is 0 Å². The lowest BCUT2D eigenvalue weighted by molar-refractivity contribution is 0.0997. The summed E-state index contributed by atoms with van der Waals surface area (Å²) in [6.07, 6.45) is 0. The maximum atomic E-state index is 14.3. The second-order valence-corrected chi connectivity index (χ2v) is 5.91. The Bertz CT molecular complexity index is 1280. The number of para-hydroxylation sites is 1. The molecule has 0 spiro atoms. The molecule has 0 atom stereocenters. The van der Waals surface area contributed by atoms with E-state index in [0.29, 0.717) is 11.3 Å². The highest BCUT2D eigenvalue weighted by molar-refractivity contribution is 6.02. The zero-order chi connectivity index (χ0) is 19.8. The molecule has 2 aromatic carbocycles. The van der Waals surface area contributed by atoms with Crippen LogP contribution in [0.15, 0.2) is 53.3 Å². The Labute approximate surface area is 157 Å². The van der Waals surface area contributed by atoms with E-state index >= 15 is 0 Å². The maximum Gasteiger partial charge on any atom is 0.332 e. The van der Waals surface area contributed by atoms with Gasteiger partial charge in [-0.05, 0) is 24.3 Å². The van der Waals surface area contributed by atoms with E-state index in [4.69, 9.17) is 10.5 Å². The van der Waals surface area contributed by atoms with Crippen LogP contribution < -0.4 is 16.2 Å². The van der Waals surface area contributed by atoms with Crippen LogP contribution in [-0.2, 0) is 0 Å². The fourth-order valence-corrected chi connectivity index (χ4v) is 2.91. The minimum Gasteiger partial charge on any atom is -0.497 e. The molecule has 4 rings (SSSR count). The first-order chi connectivity index (χ1) is 13.5. The molecule has 0 saturated carbocycles. The van der Waals surface area contributed by atoms with Crippen molar-refractivity contribution in [2.45, 2.75) is 0 Å². The van der Waals surface area contributed by atoms with Crippen LogP contribution in [0.3, 0.4) is 0 Å². The molecule has 0 aliphatic rings. The second-order valence-electron chi connectivity index (χ2n) is 5.91. The van der Waals surface area contributed by atoms with Gasteiger partial charge in [0.2, 0.25) is 0 Å². The smallest absolute Gasteiger partial charge is 0.332 e. The number of aromatic nitrogens is 4. The first-order valence-electron chi connectivity index (χ1n) is 8.21. The van der Waals surface area contributed by atoms with Gasteiger partial charge in [-0.1, -0.05) is 24.3 Å². The van der Waals surface area contributed by atoms with E-state index in [9.17, 15) is 14.0 Å². The third-order valence-corrected chi connectivity index (χ3v) is 4.19. The molecule has 0 fully saturated rings. The number of primary amides is 1. The predicted molar refractivity (Wildman–Crippen MR) is 99.9 cm³/mol. The van der Waals surface area contributed by atoms with E-state index in [-0.39, 0.29) is 28.4 Å². The van der Waals surface area contributed by atoms with E-state index < -0.39 is 17.4 Å². The number of benzene rings is 2. The highest BCUT2D eigenvalue weighted by Crippen LogP contribution is 2.25. The van der Waals surface area contributed by atoms with Gasteiger partial charge in [0.25, 0.3) is 5.91 Å². The molecule has 0 aliphatic heterocycles. The van der Waals surface area contributed by atoms with Crippen molar-refractivity contribution in [1.82, 2.24) is 19.5 Å². The van der Waals surface area contributed by atoms with Crippen molar-refractivity contribution in [3.8, 4) is 22.8 Å². The zero-order valence-corrected chi connectivity index (χ0v) is 14.6. The van der Waals surface area contributed by atoms with Crippen molar-refractivity contribution in [3.63, 3.8) is 0 Å². The number of hydrogen-bond donors (Lipinski definition) is 2. The third-order valence-electron chi connectivity index (χ3n) is 4.19. The van der Waals surface area contributed by atoms with Crippen molar-refractivity contribution < 1.29 is 13.9 Å². The number of nitrogens with one attached hydrogen (secondary N) is 1. The van der Waals surface area contributed by atoms with Crippen LogP contribution in [0.5, 0.6) is 5.75 Å². The fraction of sp³-hybridized carbons (Fsp3) is 0.0526. The summed E-state index contributed by atoms with van der Waals surface area (Å²) in [6.45, 7) is 0. The monoisotopic (exact) mass is 379 g/mol. The average molecular weight is 379 g/mol. The molecule has 8 nitrogen and oxygen atoms in total. The van der Waals surface area contributed by atoms with Crippen LogP contribution in [0.2, 0.25) is 0 Å². The van der Waals surface area contributed by atoms with Gasteiger partial charge >= 0.3 is 5.69 Å². The van der Waals surface area contributed by atoms with E-state index in [0.717, 1.165) is 4.57 Å². The van der Waals surface area contributed by atoms with Crippen molar-refractivity contribution in [2.24, 2.45) is 5.73 Å². The molecule has 0 bridgehead atoms. The van der Waals surface area contributed by atoms with Crippen LogP contribution in [0.25, 0.3) is 28.2 Å². The normalized spacial score (nSPS) is 10.9. The van der Waals surface area contributed by atoms with Gasteiger partial charge in [0, 0.05) is 5.56 Å². The first-order valence-corrected chi connectivity index (χ1v) is 8.21. The number of carbonyl (C=O) groups is 1. The van der Waals surface area contributed by atoms with Gasteiger partial charge in [0.15, 0.2) is 17.2 Å². The molecule has 2 aromatic heterocycles. The van der Waals surface area contributed by atoms with Crippen molar-refractivity contribution in [1.29, 1.82) is 0 Å². The first kappa shape index (κ1) is 17.4. The predicted octanol–water partition coefficient (Wildman–Crippen LogP) is 2.02. The van der Waals surface area contributed by atoms with Crippen LogP contribution in [0.1, 0.15) is 10.5 Å². The molecule has 0 aliphatic carbocycles. The number of methoxy groups -OCH3 is 1. The number of imidazole rings is 1. The quantitative estimate of drug-likeness (QED) is 0.563. The molecule has 9 heteroatoms. The van der Waals surface area contributed by atoms with Crippen molar-refractivity contribution in [3.05, 3.63) is 70.5 Å². The molecule has 28 heavy (non-hydrogen) atoms. The number of amides is 1. The van der Waals surface area contributed by atoms with Crippen molar-refractivity contribution in [2.75, 3.05) is 7.11 Å². The number of halogens is 1. The Kier molecular flexibility index (Phi) is 4.11. The topological polar surface area (TPSA) is 116 Å². The Morgan fingerprint density at radius 3 is 2.68 bits per heavy atom. The summed E-state index contributed by atoms with van der Waals surface area (Å²) in [4.78, 5) is 35.5. The molecule has 140 valence electrons. The average Bonchev–Trinajstić information content (AvgIpc) is 3.03. The summed E-state index contributed by atoms with van der Waals surface area (Å²) in [7, 11) is 1.51. The lowest BCUT2D eigenvalue weighted by Crippen LogP contribution is -2.16. The number of H-pyrrole nitrogens is 1. The minimum atomic E-state index is -0.849. The minimum absolute atomic E-state index is 0.00976. The Morgan fingerprint density at radius 2 is 1.96 bits per heavy atom. The van der Waals surface area contributed by atoms with E-state index in [1.165, 1.54) is 25.3 Å². The highest BCUT2D eigenvalue weighted by atomic mass is 19.1. The molecular formula is C19H14FN5O3. The van der Waals surface area contributed by atoms with Gasteiger partial charge in [-0.15, -0.1) is 0 Å². The zero-order valence-electron chi connectivity index (χ0n) is 14.6.